The molecule has 1 aliphatic rings. The van der Waals surface area contributed by atoms with E-state index < -0.39 is 22.0 Å². The molecule has 0 saturated heterocycles. The van der Waals surface area contributed by atoms with Gasteiger partial charge in [-0.05, 0) is 43.2 Å². The molecule has 2 aromatic carbocycles. The topological polar surface area (TPSA) is 63.7 Å². The number of hydrogen-bond donors (Lipinski definition) is 0. The van der Waals surface area contributed by atoms with Gasteiger partial charge < -0.3 is 4.74 Å². The maximum atomic E-state index is 13.5. The van der Waals surface area contributed by atoms with Crippen LogP contribution in [0.3, 0.4) is 0 Å². The van der Waals surface area contributed by atoms with Crippen LogP contribution in [-0.4, -0.2) is 31.8 Å². The number of aryl methyl sites for hydroxylation is 1. The van der Waals surface area contributed by atoms with Crippen LogP contribution >= 0.6 is 0 Å². The summed E-state index contributed by atoms with van der Waals surface area (Å²) in [6, 6.07) is 15.0. The standard InChI is InChI=1S/C22H23NO4S/c1-4-27-22(24)20-14-17(3)15-23(21(20)18-8-6-5-7-9-18)28(25,26)19-12-10-16(2)11-13-19/h5-14,21H,3-4,15H2,1-2H3. The predicted octanol–water partition coefficient (Wildman–Crippen LogP) is 3.79. The maximum Gasteiger partial charge on any atom is 0.336 e. The molecule has 0 radical (unpaired) electrons. The number of hydrogen-bond acceptors (Lipinski definition) is 4. The fourth-order valence-corrected chi connectivity index (χ4v) is 4.83. The van der Waals surface area contributed by atoms with Crippen LogP contribution in [0.4, 0.5) is 0 Å². The van der Waals surface area contributed by atoms with Gasteiger partial charge in [-0.1, -0.05) is 54.6 Å². The number of benzene rings is 2. The number of rotatable bonds is 5. The zero-order chi connectivity index (χ0) is 20.3. The number of carbonyl (C=O) groups excluding carboxylic acids is 1. The van der Waals surface area contributed by atoms with Gasteiger partial charge in [0.15, 0.2) is 0 Å². The summed E-state index contributed by atoms with van der Waals surface area (Å²) in [5.74, 6) is -0.540. The van der Waals surface area contributed by atoms with Crippen molar-refractivity contribution in [3.05, 3.63) is 89.5 Å². The minimum Gasteiger partial charge on any atom is -0.463 e. The molecule has 0 aromatic heterocycles. The molecule has 0 fully saturated rings. The van der Waals surface area contributed by atoms with E-state index in [9.17, 15) is 13.2 Å². The summed E-state index contributed by atoms with van der Waals surface area (Å²) in [5.41, 5.74) is 2.46. The highest BCUT2D eigenvalue weighted by molar-refractivity contribution is 7.89. The van der Waals surface area contributed by atoms with Crippen molar-refractivity contribution in [3.63, 3.8) is 0 Å². The predicted molar refractivity (Wildman–Crippen MR) is 108 cm³/mol. The Balaban J connectivity index is 2.15. The monoisotopic (exact) mass is 397 g/mol. The zero-order valence-electron chi connectivity index (χ0n) is 16.0. The van der Waals surface area contributed by atoms with Gasteiger partial charge in [-0.25, -0.2) is 13.2 Å². The first-order valence-corrected chi connectivity index (χ1v) is 10.5. The van der Waals surface area contributed by atoms with Crippen molar-refractivity contribution in [3.8, 4) is 0 Å². The van der Waals surface area contributed by atoms with Gasteiger partial charge in [0.2, 0.25) is 10.0 Å². The Morgan fingerprint density at radius 3 is 2.39 bits per heavy atom. The van der Waals surface area contributed by atoms with E-state index in [-0.39, 0.29) is 23.6 Å². The molecule has 0 amide bonds. The molecule has 0 saturated carbocycles. The Kier molecular flexibility index (Phi) is 5.82. The number of carbonyl (C=O) groups is 1. The zero-order valence-corrected chi connectivity index (χ0v) is 16.8. The molecule has 0 bridgehead atoms. The second-order valence-electron chi connectivity index (χ2n) is 6.65. The van der Waals surface area contributed by atoms with E-state index in [2.05, 4.69) is 6.58 Å². The first kappa shape index (κ1) is 20.0. The molecule has 146 valence electrons. The normalized spacial score (nSPS) is 17.9. The fourth-order valence-electron chi connectivity index (χ4n) is 3.23. The van der Waals surface area contributed by atoms with Crippen LogP contribution in [0.15, 0.2) is 83.3 Å². The molecular formula is C22H23NO4S. The lowest BCUT2D eigenvalue weighted by molar-refractivity contribution is -0.139. The second kappa shape index (κ2) is 8.12. The highest BCUT2D eigenvalue weighted by atomic mass is 32.2. The van der Waals surface area contributed by atoms with Crippen molar-refractivity contribution in [1.82, 2.24) is 4.31 Å². The van der Waals surface area contributed by atoms with Gasteiger partial charge >= 0.3 is 5.97 Å². The second-order valence-corrected chi connectivity index (χ2v) is 8.55. The highest BCUT2D eigenvalue weighted by Crippen LogP contribution is 2.38. The smallest absolute Gasteiger partial charge is 0.336 e. The number of sulfonamides is 1. The van der Waals surface area contributed by atoms with E-state index in [4.69, 9.17) is 4.74 Å². The summed E-state index contributed by atoms with van der Waals surface area (Å²) in [4.78, 5) is 12.8. The van der Waals surface area contributed by atoms with E-state index in [1.807, 2.05) is 37.3 Å². The van der Waals surface area contributed by atoms with Gasteiger partial charge in [-0.3, -0.25) is 0 Å². The molecule has 28 heavy (non-hydrogen) atoms. The lowest BCUT2D eigenvalue weighted by Gasteiger charge is -2.35. The molecule has 0 aliphatic carbocycles. The van der Waals surface area contributed by atoms with Crippen molar-refractivity contribution in [2.45, 2.75) is 24.8 Å². The van der Waals surface area contributed by atoms with E-state index in [0.29, 0.717) is 11.1 Å². The van der Waals surface area contributed by atoms with Crippen LogP contribution in [0.1, 0.15) is 24.1 Å². The summed E-state index contributed by atoms with van der Waals surface area (Å²) in [7, 11) is -3.87. The Hall–Kier alpha value is -2.70. The molecule has 1 atom stereocenters. The average molecular weight is 397 g/mol. The Labute approximate surface area is 166 Å². The molecule has 1 aliphatic heterocycles. The van der Waals surface area contributed by atoms with E-state index in [1.54, 1.807) is 37.3 Å². The first-order valence-electron chi connectivity index (χ1n) is 9.04. The van der Waals surface area contributed by atoms with Gasteiger partial charge in [0, 0.05) is 6.54 Å². The molecule has 0 spiro atoms. The first-order chi connectivity index (χ1) is 13.3. The SMILES string of the molecule is C=C1C=C(C(=O)OCC)C(c2ccccc2)N(S(=O)(=O)c2ccc(C)cc2)C1. The molecule has 3 rings (SSSR count). The third kappa shape index (κ3) is 3.93. The van der Waals surface area contributed by atoms with Gasteiger partial charge in [-0.2, -0.15) is 4.31 Å². The van der Waals surface area contributed by atoms with Gasteiger partial charge in [0.1, 0.15) is 0 Å². The van der Waals surface area contributed by atoms with Gasteiger partial charge in [0.05, 0.1) is 23.1 Å². The third-order valence-electron chi connectivity index (χ3n) is 4.56. The van der Waals surface area contributed by atoms with Crippen molar-refractivity contribution in [2.24, 2.45) is 0 Å². The van der Waals surface area contributed by atoms with Crippen LogP contribution in [0.2, 0.25) is 0 Å². The number of esters is 1. The Bertz CT molecular complexity index is 1010. The van der Waals surface area contributed by atoms with E-state index in [0.717, 1.165) is 5.56 Å². The van der Waals surface area contributed by atoms with Gasteiger partial charge in [-0.15, -0.1) is 0 Å². The van der Waals surface area contributed by atoms with E-state index >= 15 is 0 Å². The van der Waals surface area contributed by atoms with Crippen LogP contribution in [0, 0.1) is 6.92 Å². The summed E-state index contributed by atoms with van der Waals surface area (Å²) < 4.78 is 33.4. The minimum absolute atomic E-state index is 0.0959. The summed E-state index contributed by atoms with van der Waals surface area (Å²) >= 11 is 0. The largest absolute Gasteiger partial charge is 0.463 e. The van der Waals surface area contributed by atoms with Crippen molar-refractivity contribution >= 4 is 16.0 Å². The molecule has 1 heterocycles. The summed E-state index contributed by atoms with van der Waals surface area (Å²) in [6.07, 6.45) is 1.64. The number of ether oxygens (including phenoxy) is 1. The fraction of sp³-hybridized carbons (Fsp3) is 0.227. The summed E-state index contributed by atoms with van der Waals surface area (Å²) in [5, 5.41) is 0. The Morgan fingerprint density at radius 1 is 1.14 bits per heavy atom. The average Bonchev–Trinajstić information content (AvgIpc) is 2.68. The molecule has 5 nitrogen and oxygen atoms in total. The lowest BCUT2D eigenvalue weighted by Crippen LogP contribution is -2.41. The van der Waals surface area contributed by atoms with E-state index in [1.165, 1.54) is 4.31 Å². The Morgan fingerprint density at radius 2 is 1.79 bits per heavy atom. The molecular weight excluding hydrogens is 374 g/mol. The molecule has 1 unspecified atom stereocenters. The van der Waals surface area contributed by atoms with Gasteiger partial charge in [0.25, 0.3) is 0 Å². The van der Waals surface area contributed by atoms with Crippen LogP contribution in [0.5, 0.6) is 0 Å². The van der Waals surface area contributed by atoms with Crippen LogP contribution < -0.4 is 0 Å². The minimum atomic E-state index is -3.87. The summed E-state index contributed by atoms with van der Waals surface area (Å²) in [6.45, 7) is 7.83. The maximum absolute atomic E-state index is 13.5. The van der Waals surface area contributed by atoms with Crippen molar-refractivity contribution < 1.29 is 17.9 Å². The highest BCUT2D eigenvalue weighted by Gasteiger charge is 2.40. The molecule has 2 aromatic rings. The molecule has 6 heteroatoms. The van der Waals surface area contributed by atoms with Crippen molar-refractivity contribution in [2.75, 3.05) is 13.2 Å². The quantitative estimate of drug-likeness (QED) is 0.720. The lowest BCUT2D eigenvalue weighted by atomic mass is 9.93. The molecule has 0 N–H and O–H groups in total. The van der Waals surface area contributed by atoms with Crippen LogP contribution in [-0.2, 0) is 19.6 Å². The third-order valence-corrected chi connectivity index (χ3v) is 6.38. The number of nitrogens with zero attached hydrogens (tertiary/aromatic N) is 1. The van der Waals surface area contributed by atoms with Crippen molar-refractivity contribution in [1.29, 1.82) is 0 Å². The van der Waals surface area contributed by atoms with Crippen LogP contribution in [0.25, 0.3) is 0 Å².